The summed E-state index contributed by atoms with van der Waals surface area (Å²) in [6, 6.07) is 10.5. The second kappa shape index (κ2) is 5.53. The van der Waals surface area contributed by atoms with Crippen molar-refractivity contribution in [3.8, 4) is 17.1 Å². The Balaban J connectivity index is 2.16. The summed E-state index contributed by atoms with van der Waals surface area (Å²) in [4.78, 5) is 14.2. The quantitative estimate of drug-likeness (QED) is 0.546. The van der Waals surface area contributed by atoms with Gasteiger partial charge in [-0.2, -0.15) is 9.49 Å². The fourth-order valence-corrected chi connectivity index (χ4v) is 2.25. The zero-order valence-corrected chi connectivity index (χ0v) is 11.7. The molecular formula is C14H8ClFN4O2. The molecule has 110 valence electrons. The lowest BCUT2D eigenvalue weighted by Gasteiger charge is -2.07. The molecule has 0 aliphatic heterocycles. The Morgan fingerprint density at radius 1 is 1.23 bits per heavy atom. The van der Waals surface area contributed by atoms with Crippen molar-refractivity contribution in [2.75, 3.05) is 0 Å². The number of nitro benzene ring substituents is 1. The maximum Gasteiger partial charge on any atom is 0.306 e. The summed E-state index contributed by atoms with van der Waals surface area (Å²) in [6.45, 7) is 0. The Kier molecular flexibility index (Phi) is 3.56. The van der Waals surface area contributed by atoms with Crippen LogP contribution < -0.4 is 0 Å². The summed E-state index contributed by atoms with van der Waals surface area (Å²) in [5.74, 6) is -0.500. The second-order valence-corrected chi connectivity index (χ2v) is 4.78. The van der Waals surface area contributed by atoms with E-state index in [9.17, 15) is 14.5 Å². The summed E-state index contributed by atoms with van der Waals surface area (Å²) in [5.41, 5.74) is 0.312. The summed E-state index contributed by atoms with van der Waals surface area (Å²) in [5, 5.41) is 15.4. The van der Waals surface area contributed by atoms with Crippen LogP contribution in [0.1, 0.15) is 0 Å². The van der Waals surface area contributed by atoms with E-state index in [1.165, 1.54) is 17.1 Å². The number of aromatic nitrogens is 3. The third-order valence-electron chi connectivity index (χ3n) is 3.03. The number of nitrogens with zero attached hydrogens (tertiary/aromatic N) is 4. The zero-order valence-electron chi connectivity index (χ0n) is 11.0. The van der Waals surface area contributed by atoms with E-state index in [-0.39, 0.29) is 0 Å². The molecular weight excluding hydrogens is 311 g/mol. The molecule has 0 fully saturated rings. The van der Waals surface area contributed by atoms with Gasteiger partial charge in [0, 0.05) is 11.6 Å². The van der Waals surface area contributed by atoms with E-state index in [1.54, 1.807) is 24.3 Å². The first-order valence-corrected chi connectivity index (χ1v) is 6.55. The first-order chi connectivity index (χ1) is 10.6. The lowest BCUT2D eigenvalue weighted by atomic mass is 10.2. The molecule has 1 aromatic heterocycles. The standard InChI is InChI=1S/C14H8ClFN4O2/c15-11-4-2-1-3-10(11)14-17-8-18-19(14)9-5-6-12(16)13(7-9)20(21)22/h1-8H. The van der Waals surface area contributed by atoms with Crippen LogP contribution in [0.5, 0.6) is 0 Å². The number of hydrogen-bond acceptors (Lipinski definition) is 4. The summed E-state index contributed by atoms with van der Waals surface area (Å²) >= 11 is 6.13. The topological polar surface area (TPSA) is 73.8 Å². The highest BCUT2D eigenvalue weighted by atomic mass is 35.5. The number of hydrogen-bond donors (Lipinski definition) is 0. The molecule has 0 amide bonds. The number of benzene rings is 2. The molecule has 3 rings (SSSR count). The van der Waals surface area contributed by atoms with E-state index in [1.807, 2.05) is 0 Å². The smallest absolute Gasteiger partial charge is 0.258 e. The van der Waals surface area contributed by atoms with Gasteiger partial charge >= 0.3 is 5.69 Å². The maximum absolute atomic E-state index is 13.4. The number of nitro groups is 1. The maximum atomic E-state index is 13.4. The highest BCUT2D eigenvalue weighted by Crippen LogP contribution is 2.28. The first-order valence-electron chi connectivity index (χ1n) is 6.17. The predicted molar refractivity (Wildman–Crippen MR) is 78.4 cm³/mol. The van der Waals surface area contributed by atoms with Crippen LogP contribution in [0.4, 0.5) is 10.1 Å². The number of rotatable bonds is 3. The molecule has 8 heteroatoms. The summed E-state index contributed by atoms with van der Waals surface area (Å²) in [6.07, 6.45) is 1.30. The van der Waals surface area contributed by atoms with Crippen LogP contribution in [0.3, 0.4) is 0 Å². The first kappa shape index (κ1) is 14.2. The van der Waals surface area contributed by atoms with Gasteiger partial charge in [-0.3, -0.25) is 10.1 Å². The minimum atomic E-state index is -0.909. The third kappa shape index (κ3) is 2.42. The van der Waals surface area contributed by atoms with Crippen molar-refractivity contribution in [3.05, 3.63) is 69.7 Å². The van der Waals surface area contributed by atoms with Gasteiger partial charge < -0.3 is 0 Å². The van der Waals surface area contributed by atoms with E-state index in [4.69, 9.17) is 11.6 Å². The van der Waals surface area contributed by atoms with Gasteiger partial charge in [0.25, 0.3) is 0 Å². The van der Waals surface area contributed by atoms with Gasteiger partial charge in [0.2, 0.25) is 5.82 Å². The lowest BCUT2D eigenvalue weighted by Crippen LogP contribution is -2.02. The molecule has 0 bridgehead atoms. The van der Waals surface area contributed by atoms with E-state index in [0.29, 0.717) is 22.1 Å². The molecule has 0 radical (unpaired) electrons. The predicted octanol–water partition coefficient (Wildman–Crippen LogP) is 3.64. The summed E-state index contributed by atoms with van der Waals surface area (Å²) < 4.78 is 14.8. The van der Waals surface area contributed by atoms with Crippen molar-refractivity contribution >= 4 is 17.3 Å². The van der Waals surface area contributed by atoms with Crippen LogP contribution >= 0.6 is 11.6 Å². The van der Waals surface area contributed by atoms with Gasteiger partial charge in [0.15, 0.2) is 5.82 Å². The van der Waals surface area contributed by atoms with Gasteiger partial charge in [-0.05, 0) is 24.3 Å². The molecule has 0 saturated carbocycles. The van der Waals surface area contributed by atoms with Crippen LogP contribution in [0.25, 0.3) is 17.1 Å². The van der Waals surface area contributed by atoms with Crippen LogP contribution in [0, 0.1) is 15.9 Å². The fraction of sp³-hybridized carbons (Fsp3) is 0. The van der Waals surface area contributed by atoms with Crippen molar-refractivity contribution in [2.45, 2.75) is 0 Å². The summed E-state index contributed by atoms with van der Waals surface area (Å²) in [7, 11) is 0. The largest absolute Gasteiger partial charge is 0.306 e. The number of halogens is 2. The molecule has 0 unspecified atom stereocenters. The molecule has 0 atom stereocenters. The molecule has 0 saturated heterocycles. The van der Waals surface area contributed by atoms with Crippen molar-refractivity contribution in [2.24, 2.45) is 0 Å². The van der Waals surface area contributed by atoms with E-state index in [2.05, 4.69) is 10.1 Å². The molecule has 0 aliphatic rings. The average Bonchev–Trinajstić information content (AvgIpc) is 2.97. The van der Waals surface area contributed by atoms with Crippen LogP contribution in [0.15, 0.2) is 48.8 Å². The Bertz CT molecular complexity index is 866. The van der Waals surface area contributed by atoms with Gasteiger partial charge in [-0.25, -0.2) is 9.67 Å². The Labute approximate surface area is 128 Å². The lowest BCUT2D eigenvalue weighted by molar-refractivity contribution is -0.387. The fourth-order valence-electron chi connectivity index (χ4n) is 2.03. The molecule has 3 aromatic rings. The molecule has 22 heavy (non-hydrogen) atoms. The van der Waals surface area contributed by atoms with E-state index in [0.717, 1.165) is 12.1 Å². The zero-order chi connectivity index (χ0) is 15.7. The molecule has 0 N–H and O–H groups in total. The van der Waals surface area contributed by atoms with Gasteiger partial charge in [0.1, 0.15) is 6.33 Å². The van der Waals surface area contributed by atoms with Crippen molar-refractivity contribution in [1.29, 1.82) is 0 Å². The van der Waals surface area contributed by atoms with Crippen molar-refractivity contribution in [1.82, 2.24) is 14.8 Å². The van der Waals surface area contributed by atoms with Crippen molar-refractivity contribution in [3.63, 3.8) is 0 Å². The molecule has 2 aromatic carbocycles. The Hall–Kier alpha value is -2.80. The minimum Gasteiger partial charge on any atom is -0.258 e. The molecule has 0 spiro atoms. The van der Waals surface area contributed by atoms with Crippen LogP contribution in [-0.4, -0.2) is 19.7 Å². The Morgan fingerprint density at radius 2 is 2.00 bits per heavy atom. The minimum absolute atomic E-state index is 0.320. The van der Waals surface area contributed by atoms with Gasteiger partial charge in [-0.15, -0.1) is 0 Å². The third-order valence-corrected chi connectivity index (χ3v) is 3.36. The Morgan fingerprint density at radius 3 is 2.73 bits per heavy atom. The van der Waals surface area contributed by atoms with Gasteiger partial charge in [0.05, 0.1) is 15.6 Å². The van der Waals surface area contributed by atoms with Crippen molar-refractivity contribution < 1.29 is 9.31 Å². The SMILES string of the molecule is O=[N+]([O-])c1cc(-n2ncnc2-c2ccccc2Cl)ccc1F. The van der Waals surface area contributed by atoms with E-state index < -0.39 is 16.4 Å². The molecule has 1 heterocycles. The normalized spacial score (nSPS) is 10.6. The second-order valence-electron chi connectivity index (χ2n) is 4.37. The monoisotopic (exact) mass is 318 g/mol. The average molecular weight is 319 g/mol. The molecule has 6 nitrogen and oxygen atoms in total. The van der Waals surface area contributed by atoms with E-state index >= 15 is 0 Å². The van der Waals surface area contributed by atoms with Crippen LogP contribution in [0.2, 0.25) is 5.02 Å². The van der Waals surface area contributed by atoms with Gasteiger partial charge in [-0.1, -0.05) is 23.7 Å². The van der Waals surface area contributed by atoms with Crippen LogP contribution in [-0.2, 0) is 0 Å². The highest BCUT2D eigenvalue weighted by molar-refractivity contribution is 6.33. The highest BCUT2D eigenvalue weighted by Gasteiger charge is 2.18. The molecule has 0 aliphatic carbocycles.